The summed E-state index contributed by atoms with van der Waals surface area (Å²) < 4.78 is 0. The van der Waals surface area contributed by atoms with Crippen molar-refractivity contribution in [3.63, 3.8) is 0 Å². The van der Waals surface area contributed by atoms with Gasteiger partial charge in [-0.1, -0.05) is 34.1 Å². The molecule has 1 aromatic carbocycles. The number of amides is 1. The largest absolute Gasteiger partial charge is 0.329 e. The van der Waals surface area contributed by atoms with Gasteiger partial charge in [-0.15, -0.1) is 0 Å². The molecule has 0 fully saturated rings. The molecule has 0 saturated carbocycles. The number of carbonyl (C=O) groups is 1. The predicted molar refractivity (Wildman–Crippen MR) is 74.1 cm³/mol. The maximum atomic E-state index is 12.0. The van der Waals surface area contributed by atoms with Crippen molar-refractivity contribution in [1.29, 1.82) is 0 Å². The van der Waals surface area contributed by atoms with E-state index >= 15 is 0 Å². The lowest BCUT2D eigenvalue weighted by Gasteiger charge is -2.08. The van der Waals surface area contributed by atoms with E-state index < -0.39 is 0 Å². The molecule has 1 aromatic heterocycles. The molecule has 0 unspecified atom stereocenters. The second-order valence-corrected chi connectivity index (χ2v) is 4.25. The molecule has 0 radical (unpaired) electrons. The Morgan fingerprint density at radius 2 is 2.06 bits per heavy atom. The van der Waals surface area contributed by atoms with Crippen LogP contribution >= 0.6 is 15.9 Å². The van der Waals surface area contributed by atoms with Crippen LogP contribution in [0.2, 0.25) is 0 Å². The zero-order valence-electron chi connectivity index (χ0n) is 9.44. The number of alkyl halides is 1. The van der Waals surface area contributed by atoms with Crippen molar-refractivity contribution in [2.45, 2.75) is 5.33 Å². The molecule has 0 aliphatic carbocycles. The van der Waals surface area contributed by atoms with Crippen LogP contribution < -0.4 is 10.9 Å². The molecule has 2 aromatic rings. The van der Waals surface area contributed by atoms with Crippen LogP contribution in [0.4, 0.5) is 5.69 Å². The topological polar surface area (TPSA) is 62.0 Å². The maximum Gasteiger partial charge on any atom is 0.255 e. The lowest BCUT2D eigenvalue weighted by molar-refractivity contribution is 0.102. The normalized spacial score (nSPS) is 10.1. The zero-order chi connectivity index (χ0) is 13.0. The van der Waals surface area contributed by atoms with E-state index in [1.54, 1.807) is 6.07 Å². The smallest absolute Gasteiger partial charge is 0.255 e. The summed E-state index contributed by atoms with van der Waals surface area (Å²) in [6.45, 7) is 0. The van der Waals surface area contributed by atoms with Crippen molar-refractivity contribution < 1.29 is 4.79 Å². The zero-order valence-corrected chi connectivity index (χ0v) is 11.0. The molecule has 2 rings (SSSR count). The molecule has 0 atom stereocenters. The van der Waals surface area contributed by atoms with Crippen LogP contribution in [0.25, 0.3) is 0 Å². The number of halogens is 1. The summed E-state index contributed by atoms with van der Waals surface area (Å²) >= 11 is 3.36. The molecule has 5 heteroatoms. The number of pyridine rings is 1. The van der Waals surface area contributed by atoms with E-state index in [-0.39, 0.29) is 11.5 Å². The van der Waals surface area contributed by atoms with Crippen LogP contribution in [0.3, 0.4) is 0 Å². The molecule has 2 N–H and O–H groups in total. The molecular weight excluding hydrogens is 296 g/mol. The van der Waals surface area contributed by atoms with Crippen LogP contribution in [0.5, 0.6) is 0 Å². The van der Waals surface area contributed by atoms with Crippen molar-refractivity contribution in [1.82, 2.24) is 4.98 Å². The van der Waals surface area contributed by atoms with Crippen LogP contribution in [-0.4, -0.2) is 10.9 Å². The Bertz CT molecular complexity index is 622. The summed E-state index contributed by atoms with van der Waals surface area (Å²) in [5, 5.41) is 3.43. The molecular formula is C13H11BrN2O2. The Kier molecular flexibility index (Phi) is 3.94. The SMILES string of the molecule is O=C(Nc1ccccc1CBr)c1cc[nH]c(=O)c1. The molecule has 0 aliphatic heterocycles. The third kappa shape index (κ3) is 2.87. The fourth-order valence-corrected chi connectivity index (χ4v) is 2.03. The molecule has 0 aliphatic rings. The third-order valence-electron chi connectivity index (χ3n) is 2.45. The second kappa shape index (κ2) is 5.64. The molecule has 4 nitrogen and oxygen atoms in total. The highest BCUT2D eigenvalue weighted by molar-refractivity contribution is 9.08. The first-order valence-electron chi connectivity index (χ1n) is 5.34. The number of carbonyl (C=O) groups excluding carboxylic acids is 1. The van der Waals surface area contributed by atoms with Gasteiger partial charge < -0.3 is 10.3 Å². The Hall–Kier alpha value is -1.88. The van der Waals surface area contributed by atoms with Gasteiger partial charge in [0.15, 0.2) is 0 Å². The second-order valence-electron chi connectivity index (χ2n) is 3.69. The number of hydrogen-bond acceptors (Lipinski definition) is 2. The van der Waals surface area contributed by atoms with Gasteiger partial charge in [0.25, 0.3) is 5.91 Å². The monoisotopic (exact) mass is 306 g/mol. The molecule has 92 valence electrons. The third-order valence-corrected chi connectivity index (χ3v) is 3.05. The highest BCUT2D eigenvalue weighted by atomic mass is 79.9. The average Bonchev–Trinajstić information content (AvgIpc) is 2.39. The van der Waals surface area contributed by atoms with E-state index in [2.05, 4.69) is 26.2 Å². The van der Waals surface area contributed by atoms with Crippen molar-refractivity contribution in [2.24, 2.45) is 0 Å². The lowest BCUT2D eigenvalue weighted by Crippen LogP contribution is -2.16. The number of nitrogens with one attached hydrogen (secondary N) is 2. The number of aromatic nitrogens is 1. The van der Waals surface area contributed by atoms with Crippen molar-refractivity contribution in [3.8, 4) is 0 Å². The fraction of sp³-hybridized carbons (Fsp3) is 0.0769. The van der Waals surface area contributed by atoms with Crippen molar-refractivity contribution in [3.05, 3.63) is 64.1 Å². The minimum absolute atomic E-state index is 0.295. The molecule has 0 saturated heterocycles. The van der Waals surface area contributed by atoms with Crippen molar-refractivity contribution in [2.75, 3.05) is 5.32 Å². The van der Waals surface area contributed by atoms with Gasteiger partial charge in [0.05, 0.1) is 0 Å². The van der Waals surface area contributed by atoms with Gasteiger partial charge in [-0.2, -0.15) is 0 Å². The van der Waals surface area contributed by atoms with E-state index in [4.69, 9.17) is 0 Å². The predicted octanol–water partition coefficient (Wildman–Crippen LogP) is 2.52. The maximum absolute atomic E-state index is 12.0. The number of benzene rings is 1. The molecule has 18 heavy (non-hydrogen) atoms. The van der Waals surface area contributed by atoms with Gasteiger partial charge in [0.2, 0.25) is 5.56 Å². The summed E-state index contributed by atoms with van der Waals surface area (Å²) in [6.07, 6.45) is 1.45. The van der Waals surface area contributed by atoms with Gasteiger partial charge in [-0.25, -0.2) is 0 Å². The Balaban J connectivity index is 2.24. The Morgan fingerprint density at radius 1 is 1.28 bits per heavy atom. The minimum Gasteiger partial charge on any atom is -0.329 e. The number of aromatic amines is 1. The average molecular weight is 307 g/mol. The van der Waals surface area contributed by atoms with Crippen LogP contribution in [0.15, 0.2) is 47.4 Å². The summed E-state index contributed by atoms with van der Waals surface area (Å²) in [6, 6.07) is 10.3. The van der Waals surface area contributed by atoms with E-state index in [0.717, 1.165) is 11.3 Å². The van der Waals surface area contributed by atoms with Gasteiger partial charge in [-0.05, 0) is 17.7 Å². The first-order valence-corrected chi connectivity index (χ1v) is 6.47. The summed E-state index contributed by atoms with van der Waals surface area (Å²) in [4.78, 5) is 25.6. The lowest BCUT2D eigenvalue weighted by atomic mass is 10.2. The minimum atomic E-state index is -0.297. The fourth-order valence-electron chi connectivity index (χ4n) is 1.54. The number of hydrogen-bond donors (Lipinski definition) is 2. The van der Waals surface area contributed by atoms with Gasteiger partial charge in [-0.3, -0.25) is 9.59 Å². The van der Waals surface area contributed by atoms with Crippen molar-refractivity contribution >= 4 is 27.5 Å². The van der Waals surface area contributed by atoms with E-state index in [1.807, 2.05) is 24.3 Å². The van der Waals surface area contributed by atoms with Gasteiger partial charge >= 0.3 is 0 Å². The van der Waals surface area contributed by atoms with E-state index in [0.29, 0.717) is 10.9 Å². The van der Waals surface area contributed by atoms with Crippen LogP contribution in [-0.2, 0) is 5.33 Å². The number of anilines is 1. The molecule has 0 bridgehead atoms. The first-order chi connectivity index (χ1) is 8.70. The highest BCUT2D eigenvalue weighted by Gasteiger charge is 2.08. The van der Waals surface area contributed by atoms with E-state index in [1.165, 1.54) is 12.3 Å². The number of rotatable bonds is 3. The molecule has 1 amide bonds. The highest BCUT2D eigenvalue weighted by Crippen LogP contribution is 2.18. The summed E-state index contributed by atoms with van der Waals surface area (Å²) in [7, 11) is 0. The van der Waals surface area contributed by atoms with Crippen LogP contribution in [0.1, 0.15) is 15.9 Å². The van der Waals surface area contributed by atoms with E-state index in [9.17, 15) is 9.59 Å². The van der Waals surface area contributed by atoms with Gasteiger partial charge in [0, 0.05) is 28.8 Å². The summed E-state index contributed by atoms with van der Waals surface area (Å²) in [5.41, 5.74) is 1.76. The van der Waals surface area contributed by atoms with Gasteiger partial charge in [0.1, 0.15) is 0 Å². The standard InChI is InChI=1S/C13H11BrN2O2/c14-8-10-3-1-2-4-11(10)16-13(18)9-5-6-15-12(17)7-9/h1-7H,8H2,(H,15,17)(H,16,18). The Labute approximate surface area is 112 Å². The number of H-pyrrole nitrogens is 1. The first kappa shape index (κ1) is 12.6. The quantitative estimate of drug-likeness (QED) is 0.856. The molecule has 1 heterocycles. The number of para-hydroxylation sites is 1. The van der Waals surface area contributed by atoms with Crippen LogP contribution in [0, 0.1) is 0 Å². The molecule has 0 spiro atoms. The Morgan fingerprint density at radius 3 is 2.78 bits per heavy atom. The summed E-state index contributed by atoms with van der Waals surface area (Å²) in [5.74, 6) is -0.297.